The first-order valence-electron chi connectivity index (χ1n) is 18.7. The molecule has 1 aromatic carbocycles. The van der Waals surface area contributed by atoms with Gasteiger partial charge in [0.25, 0.3) is 5.91 Å². The van der Waals surface area contributed by atoms with Gasteiger partial charge in [-0.3, -0.25) is 19.1 Å². The molecule has 1 unspecified atom stereocenters. The van der Waals surface area contributed by atoms with Crippen molar-refractivity contribution < 1.29 is 46.5 Å². The summed E-state index contributed by atoms with van der Waals surface area (Å²) in [6, 6.07) is 3.26. The van der Waals surface area contributed by atoms with Crippen molar-refractivity contribution in [3.05, 3.63) is 42.1 Å². The smallest absolute Gasteiger partial charge is 0.408 e. The summed E-state index contributed by atoms with van der Waals surface area (Å²) in [4.78, 5) is 55.4. The number of anilines is 1. The molecule has 0 bridgehead atoms. The lowest BCUT2D eigenvalue weighted by Crippen LogP contribution is -2.59. The number of aliphatic hydroxyl groups excluding tert-OH is 1. The van der Waals surface area contributed by atoms with E-state index in [0.717, 1.165) is 19.0 Å². The molecular weight excluding hydrogens is 717 g/mol. The number of nitrogens with one attached hydrogen (secondary N) is 3. The highest BCUT2D eigenvalue weighted by molar-refractivity contribution is 7.91. The number of carbonyl (C=O) groups excluding carboxylic acids is 4. The van der Waals surface area contributed by atoms with Crippen molar-refractivity contribution in [2.75, 3.05) is 19.4 Å². The van der Waals surface area contributed by atoms with E-state index in [9.17, 15) is 32.7 Å². The number of sulfonamides is 1. The summed E-state index contributed by atoms with van der Waals surface area (Å²) >= 11 is 0. The summed E-state index contributed by atoms with van der Waals surface area (Å²) in [6.07, 6.45) is 9.53. The second-order valence-electron chi connectivity index (χ2n) is 15.8. The third-order valence-electron chi connectivity index (χ3n) is 10.3. The second-order valence-corrected chi connectivity index (χ2v) is 17.7. The molecule has 5 rings (SSSR count). The lowest BCUT2D eigenvalue weighted by Gasteiger charge is -2.34. The fraction of sp³-hybridized carbons (Fsp3) is 0.632. The summed E-state index contributed by atoms with van der Waals surface area (Å²) in [7, 11) is -2.25. The van der Waals surface area contributed by atoms with Crippen molar-refractivity contribution in [2.45, 2.75) is 121 Å². The van der Waals surface area contributed by atoms with Gasteiger partial charge in [0.05, 0.1) is 12.4 Å². The van der Waals surface area contributed by atoms with Gasteiger partial charge in [-0.1, -0.05) is 32.4 Å². The Bertz CT molecular complexity index is 1740. The van der Waals surface area contributed by atoms with Crippen LogP contribution in [0.3, 0.4) is 0 Å². The fourth-order valence-corrected chi connectivity index (χ4v) is 8.43. The Morgan fingerprint density at radius 3 is 2.48 bits per heavy atom. The van der Waals surface area contributed by atoms with Crippen LogP contribution < -0.4 is 31.6 Å². The van der Waals surface area contributed by atoms with Crippen molar-refractivity contribution in [2.24, 2.45) is 23.5 Å². The predicted octanol–water partition coefficient (Wildman–Crippen LogP) is 4.59. The van der Waals surface area contributed by atoms with E-state index < -0.39 is 56.4 Å². The average Bonchev–Trinajstić information content (AvgIpc) is 4.02. The van der Waals surface area contributed by atoms with E-state index >= 15 is 0 Å². The quantitative estimate of drug-likeness (QED) is 0.127. The molecule has 1 saturated heterocycles. The largest absolute Gasteiger partial charge is 0.506 e. The Hall–Kier alpha value is -4.47. The van der Waals surface area contributed by atoms with Gasteiger partial charge < -0.3 is 41.6 Å². The number of alkyl carbamates (subject to hydrolysis) is 1. The number of fused-ring (bicyclic) bond motifs is 2. The van der Waals surface area contributed by atoms with Crippen LogP contribution in [0.2, 0.25) is 0 Å². The van der Waals surface area contributed by atoms with Gasteiger partial charge in [0.1, 0.15) is 34.7 Å². The summed E-state index contributed by atoms with van der Waals surface area (Å²) in [6.45, 7) is 9.71. The Morgan fingerprint density at radius 2 is 1.89 bits per heavy atom. The second kappa shape index (κ2) is 17.3. The number of carbonyl (C=O) groups is 4. The Morgan fingerprint density at radius 1 is 1.19 bits per heavy atom. The van der Waals surface area contributed by atoms with Crippen LogP contribution in [-0.2, 0) is 29.1 Å². The molecule has 3 fully saturated rings. The molecule has 15 nitrogen and oxygen atoms in total. The summed E-state index contributed by atoms with van der Waals surface area (Å²) in [5.74, 6) is -1.21. The molecule has 54 heavy (non-hydrogen) atoms. The molecule has 0 spiro atoms. The molecule has 2 heterocycles. The minimum absolute atomic E-state index is 0. The van der Waals surface area contributed by atoms with Gasteiger partial charge in [0.15, 0.2) is 0 Å². The minimum atomic E-state index is -3.80. The van der Waals surface area contributed by atoms with Gasteiger partial charge in [-0.25, -0.2) is 13.2 Å². The zero-order valence-corrected chi connectivity index (χ0v) is 33.0. The van der Waals surface area contributed by atoms with Crippen molar-refractivity contribution in [3.8, 4) is 5.75 Å². The van der Waals surface area contributed by atoms with Gasteiger partial charge in [0.2, 0.25) is 21.8 Å². The maximum Gasteiger partial charge on any atom is 0.408 e. The Balaban J connectivity index is 0.000000868. The number of amides is 4. The standard InChI is InChI=1S/C29H46N4O7S.C9H12N2O2.3H2/c1-6-19-16-18(2)10-7-8-11-20-17-29(20,26(36)32-41(38,39)21-13-14-21)31-24(34)22-12-9-15-33(22)25(35)23(19)30-27(37)40-28(3,4)5;1-13-6-2-3-7(8(11)4-6)9(12)5-10;;;/h8,11,18-23H,6-7,9-10,12-17H2,1-5H3,(H,30,37)(H,31,34)(H,32,36);2-5,12H,10-11H2,1H3;3*1H/b11-8-;9-5+;;;/t18-,19-,20-,22+,23?,29-;;;;/m1..../s1. The number of ether oxygens (including phenoxy) is 2. The highest BCUT2D eigenvalue weighted by Crippen LogP contribution is 2.46. The topological polar surface area (TPSA) is 232 Å². The predicted molar refractivity (Wildman–Crippen MR) is 211 cm³/mol. The molecule has 6 atom stereocenters. The van der Waals surface area contributed by atoms with Gasteiger partial charge in [-0.15, -0.1) is 0 Å². The molecule has 2 aliphatic heterocycles. The maximum absolute atomic E-state index is 14.1. The Labute approximate surface area is 323 Å². The average molecular weight is 781 g/mol. The molecule has 0 radical (unpaired) electrons. The highest BCUT2D eigenvalue weighted by Gasteiger charge is 2.62. The van der Waals surface area contributed by atoms with E-state index in [-0.39, 0.29) is 40.1 Å². The number of nitrogens with two attached hydrogens (primary N) is 2. The van der Waals surface area contributed by atoms with Crippen molar-refractivity contribution in [1.82, 2.24) is 20.3 Å². The number of methoxy groups -OCH3 is 1. The normalized spacial score (nSPS) is 28.4. The minimum Gasteiger partial charge on any atom is -0.506 e. The van der Waals surface area contributed by atoms with Crippen LogP contribution in [0.1, 0.15) is 102 Å². The molecule has 4 aliphatic rings. The van der Waals surface area contributed by atoms with Crippen molar-refractivity contribution >= 4 is 45.3 Å². The number of nitrogen functional groups attached to an aromatic ring is 1. The number of aliphatic hydroxyl groups is 1. The lowest BCUT2D eigenvalue weighted by atomic mass is 9.85. The van der Waals surface area contributed by atoms with Crippen LogP contribution in [-0.4, -0.2) is 84.4 Å². The van der Waals surface area contributed by atoms with E-state index in [1.54, 1.807) is 46.1 Å². The van der Waals surface area contributed by atoms with Gasteiger partial charge >= 0.3 is 6.09 Å². The zero-order chi connectivity index (χ0) is 40.0. The van der Waals surface area contributed by atoms with Crippen LogP contribution in [0, 0.1) is 17.8 Å². The first-order valence-corrected chi connectivity index (χ1v) is 20.3. The highest BCUT2D eigenvalue weighted by atomic mass is 32.2. The maximum atomic E-state index is 14.1. The van der Waals surface area contributed by atoms with E-state index in [2.05, 4.69) is 22.3 Å². The number of hydrogen-bond acceptors (Lipinski definition) is 11. The van der Waals surface area contributed by atoms with Gasteiger partial charge in [0, 0.05) is 40.3 Å². The van der Waals surface area contributed by atoms with Gasteiger partial charge in [-0.05, 0) is 96.1 Å². The van der Waals surface area contributed by atoms with Crippen molar-refractivity contribution in [3.63, 3.8) is 0 Å². The van der Waals surface area contributed by atoms with E-state index in [1.807, 2.05) is 19.1 Å². The zero-order valence-electron chi connectivity index (χ0n) is 32.2. The first kappa shape index (κ1) is 42.3. The fourth-order valence-electron chi connectivity index (χ4n) is 7.07. The molecule has 8 N–H and O–H groups in total. The van der Waals surface area contributed by atoms with Crippen LogP contribution in [0.25, 0.3) is 5.76 Å². The van der Waals surface area contributed by atoms with E-state index in [4.69, 9.17) is 20.9 Å². The summed E-state index contributed by atoms with van der Waals surface area (Å²) in [5.41, 5.74) is 9.59. The monoisotopic (exact) mass is 780 g/mol. The molecule has 306 valence electrons. The molecule has 16 heteroatoms. The van der Waals surface area contributed by atoms with E-state index in [1.165, 1.54) is 4.90 Å². The number of rotatable bonds is 7. The third kappa shape index (κ3) is 10.6. The van der Waals surface area contributed by atoms with Crippen molar-refractivity contribution in [1.29, 1.82) is 0 Å². The molecule has 1 aromatic rings. The van der Waals surface area contributed by atoms with Crippen LogP contribution >= 0.6 is 0 Å². The molecule has 4 amide bonds. The SMILES string of the molecule is CC[C@@H]1C[C@H](C)CC/C=C\[C@@H]2C[C@@]2(C(=O)NS(=O)(=O)C2CC2)NC(=O)[C@@H]2CCCN2C(=O)C1NC(=O)OC(C)(C)C.COc1ccc(/C(O)=C\N)c(N)c1.[HH].[HH].[HH]. The van der Waals surface area contributed by atoms with E-state index in [0.29, 0.717) is 62.1 Å². The number of hydrogen-bond donors (Lipinski definition) is 6. The van der Waals surface area contributed by atoms with Gasteiger partial charge in [-0.2, -0.15) is 0 Å². The molecule has 0 aromatic heterocycles. The molecule has 2 saturated carbocycles. The summed E-state index contributed by atoms with van der Waals surface area (Å²) in [5, 5.41) is 14.4. The third-order valence-corrected chi connectivity index (χ3v) is 12.1. The van der Waals surface area contributed by atoms with Crippen LogP contribution in [0.5, 0.6) is 5.75 Å². The van der Waals surface area contributed by atoms with Crippen LogP contribution in [0.15, 0.2) is 36.6 Å². The van der Waals surface area contributed by atoms with Crippen LogP contribution in [0.4, 0.5) is 10.5 Å². The molecule has 2 aliphatic carbocycles. The summed E-state index contributed by atoms with van der Waals surface area (Å²) < 4.78 is 37.8. The molecular formula is C38H64N6O9S. The number of benzene rings is 1. The first-order chi connectivity index (χ1) is 25.3. The lowest BCUT2D eigenvalue weighted by molar-refractivity contribution is -0.142. The Kier molecular flexibility index (Phi) is 13.6. The number of allylic oxidation sites excluding steroid dienone is 1. The number of nitrogens with zero attached hydrogens (tertiary/aromatic N) is 1.